The van der Waals surface area contributed by atoms with Crippen LogP contribution >= 0.6 is 0 Å². The molecule has 1 aliphatic carbocycles. The molecule has 0 amide bonds. The maximum absolute atomic E-state index is 4.41. The highest BCUT2D eigenvalue weighted by Crippen LogP contribution is 2.07. The molecule has 1 aromatic heterocycles. The summed E-state index contributed by atoms with van der Waals surface area (Å²) in [6.45, 7) is 0.805. The van der Waals surface area contributed by atoms with Crippen molar-refractivity contribution in [2.45, 2.75) is 6.42 Å². The highest BCUT2D eigenvalue weighted by Gasteiger charge is 2.09. The number of allylic oxidation sites excluding steroid dienone is 2. The second kappa shape index (κ2) is 2.46. The topological polar surface area (TPSA) is 28.1 Å². The van der Waals surface area contributed by atoms with Crippen LogP contribution in [-0.2, 0) is 6.42 Å². The van der Waals surface area contributed by atoms with Gasteiger partial charge in [-0.1, -0.05) is 24.3 Å². The maximum atomic E-state index is 4.41. The molecule has 13 heavy (non-hydrogen) atoms. The summed E-state index contributed by atoms with van der Waals surface area (Å²) < 4.78 is 0. The Morgan fingerprint density at radius 3 is 3.31 bits per heavy atom. The highest BCUT2D eigenvalue weighted by atomic mass is 14.9. The minimum Gasteiger partial charge on any atom is -0.340 e. The summed E-state index contributed by atoms with van der Waals surface area (Å²) in [5, 5.41) is 1.22. The maximum Gasteiger partial charge on any atom is 0.133 e. The fourth-order valence-corrected chi connectivity index (χ4v) is 1.89. The number of hydrogen-bond acceptors (Lipinski definition) is 1. The van der Waals surface area contributed by atoms with Gasteiger partial charge in [-0.25, -0.2) is 0 Å². The van der Waals surface area contributed by atoms with Crippen molar-refractivity contribution in [3.8, 4) is 0 Å². The van der Waals surface area contributed by atoms with E-state index in [4.69, 9.17) is 0 Å². The van der Waals surface area contributed by atoms with Crippen molar-refractivity contribution in [2.75, 3.05) is 6.54 Å². The van der Waals surface area contributed by atoms with E-state index >= 15 is 0 Å². The number of nitrogens with zero attached hydrogens (tertiary/aromatic N) is 1. The summed E-state index contributed by atoms with van der Waals surface area (Å²) in [5.41, 5.74) is 3.71. The van der Waals surface area contributed by atoms with E-state index < -0.39 is 0 Å². The zero-order valence-corrected chi connectivity index (χ0v) is 7.25. The number of aromatic amines is 1. The van der Waals surface area contributed by atoms with E-state index in [1.165, 1.54) is 16.5 Å². The summed E-state index contributed by atoms with van der Waals surface area (Å²) in [5.74, 6) is 0. The van der Waals surface area contributed by atoms with E-state index in [-0.39, 0.29) is 0 Å². The van der Waals surface area contributed by atoms with Gasteiger partial charge in [0.25, 0.3) is 0 Å². The second-order valence-electron chi connectivity index (χ2n) is 3.32. The SMILES string of the molecule is C1=CCc2c3c([nH]c2=C1)=NCC=C3. The first-order valence-corrected chi connectivity index (χ1v) is 4.54. The Labute approximate surface area is 76.0 Å². The molecule has 0 fully saturated rings. The Kier molecular flexibility index (Phi) is 1.30. The van der Waals surface area contributed by atoms with E-state index in [1.54, 1.807) is 0 Å². The lowest BCUT2D eigenvalue weighted by Gasteiger charge is -2.00. The standard InChI is InChI=1S/C11H10N2/c1-2-6-10-8(4-1)9-5-3-7-12-11(9)13-10/h1-3,5-6H,4,7H2,(H,12,13). The van der Waals surface area contributed by atoms with Crippen LogP contribution in [0.25, 0.3) is 12.2 Å². The number of nitrogens with one attached hydrogen (secondary N) is 1. The van der Waals surface area contributed by atoms with Gasteiger partial charge in [0, 0.05) is 10.9 Å². The first kappa shape index (κ1) is 6.89. The first-order valence-electron chi connectivity index (χ1n) is 4.54. The molecule has 0 saturated carbocycles. The van der Waals surface area contributed by atoms with Gasteiger partial charge in [-0.3, -0.25) is 4.99 Å². The van der Waals surface area contributed by atoms with E-state index in [1.807, 2.05) is 0 Å². The van der Waals surface area contributed by atoms with Gasteiger partial charge in [0.15, 0.2) is 0 Å². The molecule has 1 aromatic rings. The molecule has 0 atom stereocenters. The summed E-state index contributed by atoms with van der Waals surface area (Å²) >= 11 is 0. The lowest BCUT2D eigenvalue weighted by atomic mass is 10.0. The molecule has 1 aliphatic heterocycles. The number of rotatable bonds is 0. The van der Waals surface area contributed by atoms with Crippen LogP contribution in [0.3, 0.4) is 0 Å². The van der Waals surface area contributed by atoms with Crippen LogP contribution in [0, 0.1) is 0 Å². The summed E-state index contributed by atoms with van der Waals surface area (Å²) in [7, 11) is 0. The van der Waals surface area contributed by atoms with Gasteiger partial charge in [0.05, 0.1) is 6.54 Å². The van der Waals surface area contributed by atoms with Crippen molar-refractivity contribution in [1.82, 2.24) is 4.98 Å². The summed E-state index contributed by atoms with van der Waals surface area (Å²) in [6.07, 6.45) is 11.7. The molecule has 0 saturated heterocycles. The number of H-pyrrole nitrogens is 1. The van der Waals surface area contributed by atoms with Crippen LogP contribution in [0.5, 0.6) is 0 Å². The fraction of sp³-hybridized carbons (Fsp3) is 0.182. The fourth-order valence-electron chi connectivity index (χ4n) is 1.89. The van der Waals surface area contributed by atoms with Crippen LogP contribution in [0.2, 0.25) is 0 Å². The van der Waals surface area contributed by atoms with Gasteiger partial charge in [-0.05, 0) is 18.1 Å². The number of fused-ring (bicyclic) bond motifs is 3. The van der Waals surface area contributed by atoms with Crippen molar-refractivity contribution in [3.63, 3.8) is 0 Å². The zero-order valence-electron chi connectivity index (χ0n) is 7.25. The third-order valence-electron chi connectivity index (χ3n) is 2.52. The lowest BCUT2D eigenvalue weighted by molar-refractivity contribution is 1.05. The highest BCUT2D eigenvalue weighted by molar-refractivity contribution is 5.58. The van der Waals surface area contributed by atoms with Gasteiger partial charge in [-0.2, -0.15) is 0 Å². The van der Waals surface area contributed by atoms with E-state index in [9.17, 15) is 0 Å². The molecule has 0 bridgehead atoms. The lowest BCUT2D eigenvalue weighted by Crippen LogP contribution is -2.13. The van der Waals surface area contributed by atoms with E-state index in [0.717, 1.165) is 18.5 Å². The first-order chi connectivity index (χ1) is 6.45. The molecule has 2 heteroatoms. The Bertz CT molecular complexity index is 515. The Morgan fingerprint density at radius 2 is 2.31 bits per heavy atom. The third-order valence-corrected chi connectivity index (χ3v) is 2.52. The van der Waals surface area contributed by atoms with Crippen molar-refractivity contribution in [3.05, 3.63) is 40.2 Å². The minimum absolute atomic E-state index is 0.805. The van der Waals surface area contributed by atoms with Crippen molar-refractivity contribution < 1.29 is 0 Å². The van der Waals surface area contributed by atoms with Gasteiger partial charge < -0.3 is 4.98 Å². The summed E-state index contributed by atoms with van der Waals surface area (Å²) in [4.78, 5) is 7.74. The molecule has 0 unspecified atom stereocenters. The van der Waals surface area contributed by atoms with Crippen LogP contribution in [0.1, 0.15) is 11.1 Å². The quantitative estimate of drug-likeness (QED) is 0.589. The molecule has 0 aromatic carbocycles. The van der Waals surface area contributed by atoms with E-state index in [2.05, 4.69) is 40.4 Å². The van der Waals surface area contributed by atoms with Crippen LogP contribution in [0.15, 0.2) is 23.2 Å². The molecule has 64 valence electrons. The molecule has 2 aliphatic rings. The van der Waals surface area contributed by atoms with Gasteiger partial charge in [0.1, 0.15) is 5.49 Å². The van der Waals surface area contributed by atoms with Crippen LogP contribution < -0.4 is 10.8 Å². The number of aromatic nitrogens is 1. The smallest absolute Gasteiger partial charge is 0.133 e. The van der Waals surface area contributed by atoms with Crippen LogP contribution in [0.4, 0.5) is 0 Å². The van der Waals surface area contributed by atoms with Crippen molar-refractivity contribution in [1.29, 1.82) is 0 Å². The largest absolute Gasteiger partial charge is 0.340 e. The van der Waals surface area contributed by atoms with Crippen molar-refractivity contribution in [2.24, 2.45) is 4.99 Å². The Morgan fingerprint density at radius 1 is 1.31 bits per heavy atom. The zero-order chi connectivity index (χ0) is 8.67. The molecular formula is C11H10N2. The predicted molar refractivity (Wildman–Crippen MR) is 52.8 cm³/mol. The number of hydrogen-bond donors (Lipinski definition) is 1. The molecule has 2 heterocycles. The van der Waals surface area contributed by atoms with Gasteiger partial charge >= 0.3 is 0 Å². The molecule has 3 rings (SSSR count). The van der Waals surface area contributed by atoms with Gasteiger partial charge in [0.2, 0.25) is 0 Å². The molecule has 0 radical (unpaired) electrons. The molecule has 2 nitrogen and oxygen atoms in total. The van der Waals surface area contributed by atoms with Gasteiger partial charge in [-0.15, -0.1) is 0 Å². The Hall–Kier alpha value is -1.57. The van der Waals surface area contributed by atoms with Crippen molar-refractivity contribution >= 4 is 12.2 Å². The third kappa shape index (κ3) is 0.917. The average molecular weight is 170 g/mol. The monoisotopic (exact) mass is 170 g/mol. The molecule has 0 spiro atoms. The summed E-state index contributed by atoms with van der Waals surface area (Å²) in [6, 6.07) is 0. The average Bonchev–Trinajstić information content (AvgIpc) is 2.56. The van der Waals surface area contributed by atoms with Crippen LogP contribution in [-0.4, -0.2) is 11.5 Å². The molecule has 1 N–H and O–H groups in total. The minimum atomic E-state index is 0.805. The molecular weight excluding hydrogens is 160 g/mol. The predicted octanol–water partition coefficient (Wildman–Crippen LogP) is 0.554. The van der Waals surface area contributed by atoms with E-state index in [0.29, 0.717) is 0 Å². The second-order valence-corrected chi connectivity index (χ2v) is 3.32. The Balaban J connectivity index is 2.43. The normalized spacial score (nSPS) is 17.2.